The Bertz CT molecular complexity index is 396. The topological polar surface area (TPSA) is 20.3 Å². The molecule has 0 saturated carbocycles. The minimum absolute atomic E-state index is 0.0308. The minimum atomic E-state index is -0.400. The van der Waals surface area contributed by atoms with Crippen LogP contribution >= 0.6 is 11.6 Å². The molecule has 1 aromatic rings. The highest BCUT2D eigenvalue weighted by molar-refractivity contribution is 6.31. The van der Waals surface area contributed by atoms with E-state index < -0.39 is 5.82 Å². The molecule has 1 aliphatic rings. The molecule has 1 aliphatic heterocycles. The molecule has 1 fully saturated rings. The molecule has 1 saturated heterocycles. The maximum absolute atomic E-state index is 13.5. The third kappa shape index (κ3) is 2.97. The predicted molar refractivity (Wildman–Crippen MR) is 65.5 cm³/mol. The monoisotopic (exact) mass is 255 g/mol. The molecule has 2 rings (SSSR count). The Morgan fingerprint density at radius 1 is 1.29 bits per heavy atom. The molecule has 0 spiro atoms. The summed E-state index contributed by atoms with van der Waals surface area (Å²) >= 11 is 5.90. The quantitative estimate of drug-likeness (QED) is 0.796. The largest absolute Gasteiger partial charge is 0.342 e. The van der Waals surface area contributed by atoms with E-state index in [4.69, 9.17) is 11.6 Å². The van der Waals surface area contributed by atoms with Gasteiger partial charge in [0.05, 0.1) is 6.42 Å². The number of halogens is 2. The lowest BCUT2D eigenvalue weighted by atomic mass is 10.1. The highest BCUT2D eigenvalue weighted by Crippen LogP contribution is 2.21. The molecule has 1 heterocycles. The van der Waals surface area contributed by atoms with Gasteiger partial charge in [0.15, 0.2) is 0 Å². The van der Waals surface area contributed by atoms with Crippen LogP contribution in [-0.4, -0.2) is 23.9 Å². The van der Waals surface area contributed by atoms with E-state index in [-0.39, 0.29) is 12.3 Å². The normalized spacial score (nSPS) is 16.0. The number of likely N-dealkylation sites (tertiary alicyclic amines) is 1. The number of hydrogen-bond acceptors (Lipinski definition) is 1. The van der Waals surface area contributed by atoms with Gasteiger partial charge >= 0.3 is 0 Å². The first-order valence-electron chi connectivity index (χ1n) is 5.89. The second-order valence-corrected chi connectivity index (χ2v) is 4.73. The van der Waals surface area contributed by atoms with Gasteiger partial charge in [-0.05, 0) is 31.4 Å². The van der Waals surface area contributed by atoms with E-state index in [9.17, 15) is 9.18 Å². The number of carbonyl (C=O) groups excluding carboxylic acids is 1. The third-order valence-corrected chi connectivity index (χ3v) is 3.45. The van der Waals surface area contributed by atoms with Crippen molar-refractivity contribution in [3.05, 3.63) is 34.6 Å². The van der Waals surface area contributed by atoms with Crippen molar-refractivity contribution in [3.63, 3.8) is 0 Å². The summed E-state index contributed by atoms with van der Waals surface area (Å²) in [5.74, 6) is -0.431. The van der Waals surface area contributed by atoms with Crippen molar-refractivity contribution < 1.29 is 9.18 Å². The van der Waals surface area contributed by atoms with Gasteiger partial charge in [-0.15, -0.1) is 0 Å². The average molecular weight is 256 g/mol. The van der Waals surface area contributed by atoms with E-state index >= 15 is 0 Å². The Morgan fingerprint density at radius 2 is 2.00 bits per heavy atom. The zero-order chi connectivity index (χ0) is 12.3. The van der Waals surface area contributed by atoms with E-state index in [1.165, 1.54) is 12.5 Å². The van der Waals surface area contributed by atoms with Crippen LogP contribution in [0.4, 0.5) is 4.39 Å². The third-order valence-electron chi connectivity index (χ3n) is 3.10. The molecule has 0 aliphatic carbocycles. The van der Waals surface area contributed by atoms with E-state index in [0.717, 1.165) is 25.9 Å². The second-order valence-electron chi connectivity index (χ2n) is 4.32. The average Bonchev–Trinajstić information content (AvgIpc) is 2.35. The maximum Gasteiger partial charge on any atom is 0.227 e. The predicted octanol–water partition coefficient (Wildman–Crippen LogP) is 3.03. The summed E-state index contributed by atoms with van der Waals surface area (Å²) in [6.07, 6.45) is 3.31. The summed E-state index contributed by atoms with van der Waals surface area (Å²) in [5.41, 5.74) is 0.310. The zero-order valence-corrected chi connectivity index (χ0v) is 10.3. The van der Waals surface area contributed by atoms with Crippen LogP contribution in [-0.2, 0) is 11.2 Å². The lowest BCUT2D eigenvalue weighted by Gasteiger charge is -2.26. The van der Waals surface area contributed by atoms with Gasteiger partial charge in [0, 0.05) is 23.7 Å². The van der Waals surface area contributed by atoms with Gasteiger partial charge in [-0.2, -0.15) is 0 Å². The molecule has 0 N–H and O–H groups in total. The number of amides is 1. The molecule has 4 heteroatoms. The van der Waals surface area contributed by atoms with Crippen molar-refractivity contribution >= 4 is 17.5 Å². The molecule has 17 heavy (non-hydrogen) atoms. The van der Waals surface area contributed by atoms with Gasteiger partial charge in [-0.25, -0.2) is 4.39 Å². The Hall–Kier alpha value is -1.09. The van der Waals surface area contributed by atoms with Gasteiger partial charge in [-0.1, -0.05) is 17.7 Å². The molecular weight excluding hydrogens is 241 g/mol. The van der Waals surface area contributed by atoms with Crippen LogP contribution in [0.1, 0.15) is 24.8 Å². The van der Waals surface area contributed by atoms with E-state index in [1.807, 2.05) is 0 Å². The summed E-state index contributed by atoms with van der Waals surface area (Å²) in [4.78, 5) is 13.8. The zero-order valence-electron chi connectivity index (χ0n) is 9.59. The van der Waals surface area contributed by atoms with E-state index in [2.05, 4.69) is 0 Å². The molecule has 1 aromatic carbocycles. The summed E-state index contributed by atoms with van der Waals surface area (Å²) in [6, 6.07) is 4.50. The standard InChI is InChI=1S/C13H15ClFNO/c14-11-5-4-6-12(15)10(11)9-13(17)16-7-2-1-3-8-16/h4-6H,1-3,7-9H2. The first-order valence-corrected chi connectivity index (χ1v) is 6.27. The van der Waals surface area contributed by atoms with Crippen molar-refractivity contribution in [1.29, 1.82) is 0 Å². The molecule has 0 aromatic heterocycles. The van der Waals surface area contributed by atoms with Gasteiger partial charge in [-0.3, -0.25) is 4.79 Å². The minimum Gasteiger partial charge on any atom is -0.342 e. The molecule has 0 atom stereocenters. The highest BCUT2D eigenvalue weighted by atomic mass is 35.5. The highest BCUT2D eigenvalue weighted by Gasteiger charge is 2.19. The van der Waals surface area contributed by atoms with E-state index in [1.54, 1.807) is 17.0 Å². The van der Waals surface area contributed by atoms with Crippen LogP contribution in [0.15, 0.2) is 18.2 Å². The summed E-state index contributed by atoms with van der Waals surface area (Å²) < 4.78 is 13.5. The van der Waals surface area contributed by atoms with Crippen LogP contribution in [0.25, 0.3) is 0 Å². The number of nitrogens with zero attached hydrogens (tertiary/aromatic N) is 1. The number of piperidine rings is 1. The molecule has 0 bridgehead atoms. The molecule has 2 nitrogen and oxygen atoms in total. The number of rotatable bonds is 2. The van der Waals surface area contributed by atoms with Crippen LogP contribution in [0.5, 0.6) is 0 Å². The molecule has 0 unspecified atom stereocenters. The molecule has 92 valence electrons. The van der Waals surface area contributed by atoms with Gasteiger partial charge in [0.1, 0.15) is 5.82 Å². The Morgan fingerprint density at radius 3 is 2.65 bits per heavy atom. The SMILES string of the molecule is O=C(Cc1c(F)cccc1Cl)N1CCCCC1. The van der Waals surface area contributed by atoms with Gasteiger partial charge in [0.2, 0.25) is 5.91 Å². The summed E-state index contributed by atoms with van der Waals surface area (Å²) in [6.45, 7) is 1.57. The Balaban J connectivity index is 2.07. The first kappa shape index (κ1) is 12.4. The fourth-order valence-corrected chi connectivity index (χ4v) is 2.34. The van der Waals surface area contributed by atoms with Crippen LogP contribution < -0.4 is 0 Å². The molecular formula is C13H15ClFNO. The van der Waals surface area contributed by atoms with Crippen molar-refractivity contribution in [1.82, 2.24) is 4.90 Å². The van der Waals surface area contributed by atoms with Gasteiger partial charge in [0.25, 0.3) is 0 Å². The number of carbonyl (C=O) groups is 1. The van der Waals surface area contributed by atoms with E-state index in [0.29, 0.717) is 10.6 Å². The van der Waals surface area contributed by atoms with Crippen molar-refractivity contribution in [2.45, 2.75) is 25.7 Å². The Labute approximate surface area is 105 Å². The first-order chi connectivity index (χ1) is 8.18. The lowest BCUT2D eigenvalue weighted by molar-refractivity contribution is -0.131. The summed E-state index contributed by atoms with van der Waals surface area (Å²) in [7, 11) is 0. The van der Waals surface area contributed by atoms with Crippen LogP contribution in [0.3, 0.4) is 0 Å². The fourth-order valence-electron chi connectivity index (χ4n) is 2.11. The number of hydrogen-bond donors (Lipinski definition) is 0. The Kier molecular flexibility index (Phi) is 4.00. The van der Waals surface area contributed by atoms with Gasteiger partial charge < -0.3 is 4.90 Å². The van der Waals surface area contributed by atoms with Crippen LogP contribution in [0.2, 0.25) is 5.02 Å². The van der Waals surface area contributed by atoms with Crippen molar-refractivity contribution in [3.8, 4) is 0 Å². The molecule has 1 amide bonds. The van der Waals surface area contributed by atoms with Crippen molar-refractivity contribution in [2.75, 3.05) is 13.1 Å². The smallest absolute Gasteiger partial charge is 0.227 e. The van der Waals surface area contributed by atoms with Crippen LogP contribution in [0, 0.1) is 5.82 Å². The second kappa shape index (κ2) is 5.50. The molecule has 0 radical (unpaired) electrons. The maximum atomic E-state index is 13.5. The fraction of sp³-hybridized carbons (Fsp3) is 0.462. The number of benzene rings is 1. The lowest BCUT2D eigenvalue weighted by Crippen LogP contribution is -2.36. The summed E-state index contributed by atoms with van der Waals surface area (Å²) in [5, 5.41) is 0.329. The van der Waals surface area contributed by atoms with Crippen molar-refractivity contribution in [2.24, 2.45) is 0 Å².